The van der Waals surface area contributed by atoms with Gasteiger partial charge in [0, 0.05) is 18.2 Å². The van der Waals surface area contributed by atoms with Crippen molar-refractivity contribution in [2.24, 2.45) is 5.92 Å². The first kappa shape index (κ1) is 20.6. The van der Waals surface area contributed by atoms with Gasteiger partial charge in [-0.05, 0) is 57.2 Å². The molecule has 2 nitrogen and oxygen atoms in total. The Hall–Kier alpha value is -2.18. The molecular weight excluding hydrogens is 347 g/mol. The van der Waals surface area contributed by atoms with Crippen LogP contribution in [0.25, 0.3) is 0 Å². The van der Waals surface area contributed by atoms with Crippen LogP contribution in [0.1, 0.15) is 56.6 Å². The number of nitrogens with zero attached hydrogens (tertiary/aromatic N) is 2. The van der Waals surface area contributed by atoms with E-state index in [4.69, 9.17) is 0 Å². The number of nitriles is 1. The molecule has 0 saturated heterocycles. The van der Waals surface area contributed by atoms with Gasteiger partial charge in [0.25, 0.3) is 0 Å². The highest BCUT2D eigenvalue weighted by molar-refractivity contribution is 5.35. The van der Waals surface area contributed by atoms with E-state index in [-0.39, 0.29) is 11.7 Å². The third kappa shape index (κ3) is 4.45. The molecule has 1 aliphatic carbocycles. The van der Waals surface area contributed by atoms with Crippen molar-refractivity contribution >= 4 is 0 Å². The Labute approximate surface area is 169 Å². The lowest BCUT2D eigenvalue weighted by atomic mass is 9.67. The standard InChI is InChI=1S/C25H31FN2/c1-20(28(2)18-21-10-4-3-5-11-21)16-17-25(19-27,22-12-6-7-13-22)23-14-8-9-15-24(23)26/h3-5,8-11,14-15,20,22H,6-7,12-13,16-18H2,1-2H3. The average Bonchev–Trinajstić information content (AvgIpc) is 3.26. The maximum Gasteiger partial charge on any atom is 0.128 e. The fourth-order valence-corrected chi connectivity index (χ4v) is 4.69. The van der Waals surface area contributed by atoms with Crippen molar-refractivity contribution in [2.45, 2.75) is 63.5 Å². The molecule has 0 bridgehead atoms. The van der Waals surface area contributed by atoms with Crippen LogP contribution in [0.5, 0.6) is 0 Å². The highest BCUT2D eigenvalue weighted by atomic mass is 19.1. The van der Waals surface area contributed by atoms with E-state index in [0.29, 0.717) is 18.0 Å². The van der Waals surface area contributed by atoms with E-state index in [1.165, 1.54) is 11.6 Å². The Morgan fingerprint density at radius 2 is 1.75 bits per heavy atom. The smallest absolute Gasteiger partial charge is 0.128 e. The predicted molar refractivity (Wildman–Crippen MR) is 112 cm³/mol. The van der Waals surface area contributed by atoms with Crippen molar-refractivity contribution < 1.29 is 4.39 Å². The van der Waals surface area contributed by atoms with Crippen molar-refractivity contribution in [1.29, 1.82) is 5.26 Å². The largest absolute Gasteiger partial charge is 0.299 e. The minimum Gasteiger partial charge on any atom is -0.299 e. The van der Waals surface area contributed by atoms with Crippen LogP contribution in [0, 0.1) is 23.1 Å². The monoisotopic (exact) mass is 378 g/mol. The molecule has 2 atom stereocenters. The minimum atomic E-state index is -0.719. The topological polar surface area (TPSA) is 27.0 Å². The average molecular weight is 379 g/mol. The van der Waals surface area contributed by atoms with E-state index < -0.39 is 5.41 Å². The first-order valence-corrected chi connectivity index (χ1v) is 10.5. The molecule has 1 saturated carbocycles. The summed E-state index contributed by atoms with van der Waals surface area (Å²) in [5.41, 5.74) is 1.17. The van der Waals surface area contributed by atoms with E-state index in [1.807, 2.05) is 18.2 Å². The summed E-state index contributed by atoms with van der Waals surface area (Å²) in [4.78, 5) is 2.33. The van der Waals surface area contributed by atoms with Crippen LogP contribution in [0.15, 0.2) is 54.6 Å². The van der Waals surface area contributed by atoms with Crippen LogP contribution in [-0.4, -0.2) is 18.0 Å². The molecule has 1 fully saturated rings. The third-order valence-corrected chi connectivity index (χ3v) is 6.59. The first-order valence-electron chi connectivity index (χ1n) is 10.5. The second-order valence-corrected chi connectivity index (χ2v) is 8.33. The lowest BCUT2D eigenvalue weighted by molar-refractivity contribution is 0.209. The van der Waals surface area contributed by atoms with Crippen LogP contribution < -0.4 is 0 Å². The van der Waals surface area contributed by atoms with Crippen LogP contribution in [0.4, 0.5) is 4.39 Å². The van der Waals surface area contributed by atoms with Crippen LogP contribution in [-0.2, 0) is 12.0 Å². The van der Waals surface area contributed by atoms with Crippen molar-refractivity contribution in [3.05, 3.63) is 71.5 Å². The number of hydrogen-bond donors (Lipinski definition) is 0. The highest BCUT2D eigenvalue weighted by Gasteiger charge is 2.43. The van der Waals surface area contributed by atoms with Crippen molar-refractivity contribution in [3.63, 3.8) is 0 Å². The summed E-state index contributed by atoms with van der Waals surface area (Å²) in [5.74, 6) is 0.0160. The molecule has 2 aromatic carbocycles. The van der Waals surface area contributed by atoms with Gasteiger partial charge in [-0.25, -0.2) is 4.39 Å². The zero-order valence-electron chi connectivity index (χ0n) is 17.1. The van der Waals surface area contributed by atoms with Gasteiger partial charge in [-0.2, -0.15) is 5.26 Å². The summed E-state index contributed by atoms with van der Waals surface area (Å²) in [6.07, 6.45) is 5.92. The van der Waals surface area contributed by atoms with Gasteiger partial charge in [-0.1, -0.05) is 61.4 Å². The predicted octanol–water partition coefficient (Wildman–Crippen LogP) is 6.08. The van der Waals surface area contributed by atoms with E-state index in [9.17, 15) is 9.65 Å². The summed E-state index contributed by atoms with van der Waals surface area (Å²) >= 11 is 0. The maximum atomic E-state index is 14.7. The molecule has 148 valence electrons. The van der Waals surface area contributed by atoms with Crippen LogP contribution in [0.3, 0.4) is 0 Å². The first-order chi connectivity index (χ1) is 13.6. The third-order valence-electron chi connectivity index (χ3n) is 6.59. The molecule has 2 unspecified atom stereocenters. The molecule has 0 N–H and O–H groups in total. The Morgan fingerprint density at radius 3 is 2.39 bits per heavy atom. The second-order valence-electron chi connectivity index (χ2n) is 8.33. The van der Waals surface area contributed by atoms with Crippen LogP contribution >= 0.6 is 0 Å². The molecule has 2 aromatic rings. The maximum absolute atomic E-state index is 14.7. The molecule has 0 spiro atoms. The second kappa shape index (κ2) is 9.34. The van der Waals surface area contributed by atoms with Gasteiger partial charge in [0.1, 0.15) is 5.82 Å². The zero-order valence-corrected chi connectivity index (χ0v) is 17.1. The summed E-state index contributed by atoms with van der Waals surface area (Å²) in [5, 5.41) is 10.3. The molecule has 1 aliphatic rings. The molecule has 0 heterocycles. The van der Waals surface area contributed by atoms with Gasteiger partial charge < -0.3 is 0 Å². The van der Waals surface area contributed by atoms with Crippen molar-refractivity contribution in [1.82, 2.24) is 4.90 Å². The van der Waals surface area contributed by atoms with E-state index in [2.05, 4.69) is 49.2 Å². The number of benzene rings is 2. The normalized spacial score (nSPS) is 18.0. The molecule has 0 aliphatic heterocycles. The Kier molecular flexibility index (Phi) is 6.86. The summed E-state index contributed by atoms with van der Waals surface area (Å²) < 4.78 is 14.7. The molecular formula is C25H31FN2. The van der Waals surface area contributed by atoms with E-state index in [1.54, 1.807) is 6.07 Å². The summed E-state index contributed by atoms with van der Waals surface area (Å²) in [6.45, 7) is 3.09. The summed E-state index contributed by atoms with van der Waals surface area (Å²) in [7, 11) is 2.13. The van der Waals surface area contributed by atoms with Gasteiger partial charge in [0.15, 0.2) is 0 Å². The molecule has 3 heteroatoms. The van der Waals surface area contributed by atoms with Crippen molar-refractivity contribution in [2.75, 3.05) is 7.05 Å². The fraction of sp³-hybridized carbons (Fsp3) is 0.480. The molecule has 0 aromatic heterocycles. The molecule has 3 rings (SSSR count). The SMILES string of the molecule is CC(CCC(C#N)(c1ccccc1F)C1CCCC1)N(C)Cc1ccccc1. The zero-order chi connectivity index (χ0) is 20.0. The van der Waals surface area contributed by atoms with Gasteiger partial charge in [0.2, 0.25) is 0 Å². The van der Waals surface area contributed by atoms with Gasteiger partial charge in [-0.3, -0.25) is 4.90 Å². The number of rotatable bonds is 8. The Bertz CT molecular complexity index is 792. The van der Waals surface area contributed by atoms with Crippen molar-refractivity contribution in [3.8, 4) is 6.07 Å². The van der Waals surface area contributed by atoms with E-state index >= 15 is 0 Å². The summed E-state index contributed by atoms with van der Waals surface area (Å²) in [6, 6.07) is 20.3. The number of hydrogen-bond acceptors (Lipinski definition) is 2. The minimum absolute atomic E-state index is 0.235. The van der Waals surface area contributed by atoms with Gasteiger partial charge >= 0.3 is 0 Å². The Balaban J connectivity index is 1.76. The van der Waals surface area contributed by atoms with Crippen LogP contribution in [0.2, 0.25) is 0 Å². The number of halogens is 1. The van der Waals surface area contributed by atoms with Gasteiger partial charge in [-0.15, -0.1) is 0 Å². The fourth-order valence-electron chi connectivity index (χ4n) is 4.69. The Morgan fingerprint density at radius 1 is 1.11 bits per heavy atom. The lowest BCUT2D eigenvalue weighted by Gasteiger charge is -2.36. The molecule has 28 heavy (non-hydrogen) atoms. The van der Waals surface area contributed by atoms with E-state index in [0.717, 1.165) is 38.6 Å². The molecule has 0 amide bonds. The lowest BCUT2D eigenvalue weighted by Crippen LogP contribution is -2.37. The van der Waals surface area contributed by atoms with Gasteiger partial charge in [0.05, 0.1) is 11.5 Å². The highest BCUT2D eigenvalue weighted by Crippen LogP contribution is 2.46. The molecule has 0 radical (unpaired) electrons. The quantitative estimate of drug-likeness (QED) is 0.557.